The number of rotatable bonds is 3. The van der Waals surface area contributed by atoms with E-state index >= 15 is 0 Å². The summed E-state index contributed by atoms with van der Waals surface area (Å²) in [6.07, 6.45) is -0.477. The van der Waals surface area contributed by atoms with Gasteiger partial charge < -0.3 is 10.5 Å². The van der Waals surface area contributed by atoms with E-state index in [2.05, 4.69) is 4.74 Å². The van der Waals surface area contributed by atoms with E-state index in [1.54, 1.807) is 13.8 Å². The van der Waals surface area contributed by atoms with Crippen LogP contribution in [0.3, 0.4) is 0 Å². The van der Waals surface area contributed by atoms with Crippen molar-refractivity contribution in [2.24, 2.45) is 5.73 Å². The lowest BCUT2D eigenvalue weighted by Crippen LogP contribution is -2.39. The summed E-state index contributed by atoms with van der Waals surface area (Å²) < 4.78 is 4.64. The zero-order chi connectivity index (χ0) is 9.07. The predicted molar refractivity (Wildman–Crippen MR) is 40.0 cm³/mol. The Hall–Kier alpha value is -1.06. The van der Waals surface area contributed by atoms with Gasteiger partial charge in [0.05, 0.1) is 0 Å². The summed E-state index contributed by atoms with van der Waals surface area (Å²) in [7, 11) is 0. The summed E-state index contributed by atoms with van der Waals surface area (Å²) in [6.45, 7) is 4.66. The fraction of sp³-hybridized carbons (Fsp3) is 0.714. The Morgan fingerprint density at radius 3 is 2.09 bits per heavy atom. The molecule has 0 spiro atoms. The number of carbonyl (C=O) groups excluding carboxylic acids is 2. The van der Waals surface area contributed by atoms with E-state index in [0.29, 0.717) is 6.42 Å². The summed E-state index contributed by atoms with van der Waals surface area (Å²) in [5, 5.41) is 0. The van der Waals surface area contributed by atoms with Gasteiger partial charge >= 0.3 is 6.09 Å². The minimum Gasteiger partial charge on any atom is -0.435 e. The second-order valence-corrected chi connectivity index (χ2v) is 2.56. The maximum absolute atomic E-state index is 10.9. The molecule has 64 valence electrons. The van der Waals surface area contributed by atoms with Gasteiger partial charge in [0, 0.05) is 0 Å². The van der Waals surface area contributed by atoms with Crippen LogP contribution in [0.25, 0.3) is 0 Å². The van der Waals surface area contributed by atoms with Crippen LogP contribution in [0.15, 0.2) is 0 Å². The molecule has 0 bridgehead atoms. The highest BCUT2D eigenvalue weighted by molar-refractivity contribution is 5.86. The molecule has 0 heterocycles. The van der Waals surface area contributed by atoms with E-state index in [1.165, 1.54) is 6.92 Å². The minimum atomic E-state index is -1.05. The molecule has 0 aromatic rings. The third-order valence-electron chi connectivity index (χ3n) is 1.75. The lowest BCUT2D eigenvalue weighted by Gasteiger charge is -2.23. The quantitative estimate of drug-likeness (QED) is 0.663. The lowest BCUT2D eigenvalue weighted by molar-refractivity contribution is -0.133. The topological polar surface area (TPSA) is 69.4 Å². The Kier molecular flexibility index (Phi) is 3.04. The smallest absolute Gasteiger partial charge is 0.405 e. The molecule has 0 fully saturated rings. The molecule has 0 aromatic carbocycles. The molecule has 11 heavy (non-hydrogen) atoms. The van der Waals surface area contributed by atoms with E-state index in [9.17, 15) is 9.59 Å². The number of ketones is 1. The molecule has 4 nitrogen and oxygen atoms in total. The number of hydrogen-bond donors (Lipinski definition) is 1. The highest BCUT2D eigenvalue weighted by Gasteiger charge is 2.31. The zero-order valence-corrected chi connectivity index (χ0v) is 7.01. The molecule has 0 rings (SSSR count). The van der Waals surface area contributed by atoms with Crippen molar-refractivity contribution < 1.29 is 14.3 Å². The van der Waals surface area contributed by atoms with Crippen molar-refractivity contribution >= 4 is 11.9 Å². The van der Waals surface area contributed by atoms with Crippen molar-refractivity contribution in [2.45, 2.75) is 32.8 Å². The third kappa shape index (κ3) is 2.57. The van der Waals surface area contributed by atoms with Gasteiger partial charge in [-0.3, -0.25) is 4.79 Å². The Bertz CT molecular complexity index is 179. The first kappa shape index (κ1) is 9.94. The van der Waals surface area contributed by atoms with Crippen molar-refractivity contribution in [3.63, 3.8) is 0 Å². The largest absolute Gasteiger partial charge is 0.435 e. The predicted octanol–water partition coefficient (Wildman–Crippen LogP) is 0.839. The van der Waals surface area contributed by atoms with Crippen molar-refractivity contribution in [1.82, 2.24) is 0 Å². The zero-order valence-electron chi connectivity index (χ0n) is 7.01. The van der Waals surface area contributed by atoms with Crippen LogP contribution < -0.4 is 5.73 Å². The van der Waals surface area contributed by atoms with E-state index < -0.39 is 11.7 Å². The average molecular weight is 159 g/mol. The highest BCUT2D eigenvalue weighted by atomic mass is 16.6. The molecule has 1 unspecified atom stereocenters. The second-order valence-electron chi connectivity index (χ2n) is 2.56. The number of primary amides is 1. The fourth-order valence-corrected chi connectivity index (χ4v) is 0.615. The van der Waals surface area contributed by atoms with Crippen LogP contribution in [0.4, 0.5) is 4.79 Å². The fourth-order valence-electron chi connectivity index (χ4n) is 0.615. The third-order valence-corrected chi connectivity index (χ3v) is 1.75. The van der Waals surface area contributed by atoms with Crippen LogP contribution >= 0.6 is 0 Å². The normalized spacial score (nSPS) is 15.2. The molecule has 0 saturated carbocycles. The van der Waals surface area contributed by atoms with Gasteiger partial charge in [-0.25, -0.2) is 4.79 Å². The molecule has 4 heteroatoms. The number of carbonyl (C=O) groups is 2. The average Bonchev–Trinajstić information content (AvgIpc) is 1.86. The summed E-state index contributed by atoms with van der Waals surface area (Å²) in [5.74, 6) is -0.196. The molecule has 0 radical (unpaired) electrons. The van der Waals surface area contributed by atoms with E-state index in [0.717, 1.165) is 0 Å². The van der Waals surface area contributed by atoms with Gasteiger partial charge in [-0.15, -0.1) is 0 Å². The molecule has 0 saturated heterocycles. The maximum atomic E-state index is 10.9. The Morgan fingerprint density at radius 1 is 1.55 bits per heavy atom. The first-order valence-electron chi connectivity index (χ1n) is 3.42. The summed E-state index contributed by atoms with van der Waals surface area (Å²) in [4.78, 5) is 21.2. The van der Waals surface area contributed by atoms with Crippen LogP contribution in [0, 0.1) is 0 Å². The molecular weight excluding hydrogens is 146 g/mol. The molecule has 0 aliphatic heterocycles. The van der Waals surface area contributed by atoms with E-state index in [4.69, 9.17) is 5.73 Å². The molecule has 0 aromatic heterocycles. The van der Waals surface area contributed by atoms with Gasteiger partial charge in [0.15, 0.2) is 11.4 Å². The SMILES string of the molecule is CCC(C)(OC(N)=O)C(C)=O. The highest BCUT2D eigenvalue weighted by Crippen LogP contribution is 2.15. The van der Waals surface area contributed by atoms with E-state index in [-0.39, 0.29) is 5.78 Å². The van der Waals surface area contributed by atoms with Crippen molar-refractivity contribution in [3.05, 3.63) is 0 Å². The maximum Gasteiger partial charge on any atom is 0.405 e. The van der Waals surface area contributed by atoms with Crippen LogP contribution in [0.2, 0.25) is 0 Å². The van der Waals surface area contributed by atoms with Gasteiger partial charge in [0.2, 0.25) is 0 Å². The number of amides is 1. The number of hydrogen-bond acceptors (Lipinski definition) is 3. The molecule has 0 aliphatic carbocycles. The van der Waals surface area contributed by atoms with Crippen molar-refractivity contribution in [2.75, 3.05) is 0 Å². The summed E-state index contributed by atoms with van der Waals surface area (Å²) in [6, 6.07) is 0. The Morgan fingerprint density at radius 2 is 2.00 bits per heavy atom. The minimum absolute atomic E-state index is 0.196. The summed E-state index contributed by atoms with van der Waals surface area (Å²) in [5.41, 5.74) is 3.73. The molecule has 0 aliphatic rings. The standard InChI is InChI=1S/C7H13NO3/c1-4-7(3,5(2)9)11-6(8)10/h4H2,1-3H3,(H2,8,10). The first-order chi connectivity index (χ1) is 4.92. The van der Waals surface area contributed by atoms with Gasteiger partial charge in [-0.2, -0.15) is 0 Å². The second kappa shape index (κ2) is 3.37. The molecule has 2 N–H and O–H groups in total. The van der Waals surface area contributed by atoms with Crippen LogP contribution in [0.5, 0.6) is 0 Å². The van der Waals surface area contributed by atoms with Crippen molar-refractivity contribution in [1.29, 1.82) is 0 Å². The Balaban J connectivity index is 4.34. The first-order valence-corrected chi connectivity index (χ1v) is 3.42. The monoisotopic (exact) mass is 159 g/mol. The molecule has 1 atom stereocenters. The van der Waals surface area contributed by atoms with Crippen LogP contribution in [-0.4, -0.2) is 17.5 Å². The van der Waals surface area contributed by atoms with Crippen molar-refractivity contribution in [3.8, 4) is 0 Å². The van der Waals surface area contributed by atoms with Gasteiger partial charge in [-0.05, 0) is 20.3 Å². The van der Waals surface area contributed by atoms with Gasteiger partial charge in [0.25, 0.3) is 0 Å². The number of ether oxygens (including phenoxy) is 1. The van der Waals surface area contributed by atoms with Gasteiger partial charge in [-0.1, -0.05) is 6.92 Å². The number of Topliss-reactive ketones (excluding diaryl/α,β-unsaturated/α-hetero) is 1. The molecule has 1 amide bonds. The van der Waals surface area contributed by atoms with Gasteiger partial charge in [0.1, 0.15) is 0 Å². The summed E-state index contributed by atoms with van der Waals surface area (Å²) >= 11 is 0. The number of nitrogens with two attached hydrogens (primary N) is 1. The molecular formula is C7H13NO3. The lowest BCUT2D eigenvalue weighted by atomic mass is 9.99. The Labute approximate surface area is 65.7 Å². The van der Waals surface area contributed by atoms with Crippen LogP contribution in [0.1, 0.15) is 27.2 Å². The van der Waals surface area contributed by atoms with E-state index in [1.807, 2.05) is 0 Å². The van der Waals surface area contributed by atoms with Crippen LogP contribution in [-0.2, 0) is 9.53 Å².